The minimum absolute atomic E-state index is 0.00862. The predicted molar refractivity (Wildman–Crippen MR) is 161 cm³/mol. The third-order valence-electron chi connectivity index (χ3n) is 6.83. The van der Waals surface area contributed by atoms with Crippen LogP contribution in [0.3, 0.4) is 0 Å². The smallest absolute Gasteiger partial charge is 0.329 e. The quantitative estimate of drug-likeness (QED) is 0.166. The molecule has 10 nitrogen and oxygen atoms in total. The number of ether oxygens (including phenoxy) is 2. The highest BCUT2D eigenvalue weighted by Crippen LogP contribution is 2.29. The molecule has 5 rings (SSSR count). The summed E-state index contributed by atoms with van der Waals surface area (Å²) in [5.41, 5.74) is 4.51. The fourth-order valence-electron chi connectivity index (χ4n) is 4.56. The first kappa shape index (κ1) is 27.9. The Labute approximate surface area is 241 Å². The van der Waals surface area contributed by atoms with Crippen molar-refractivity contribution in [3.05, 3.63) is 118 Å². The minimum atomic E-state index is -1.03. The van der Waals surface area contributed by atoms with E-state index in [4.69, 9.17) is 9.47 Å². The first-order valence-electron chi connectivity index (χ1n) is 13.1. The van der Waals surface area contributed by atoms with E-state index in [1.165, 1.54) is 18.0 Å². The molecule has 0 fully saturated rings. The molecule has 0 atom stereocenters. The Morgan fingerprint density at radius 1 is 0.905 bits per heavy atom. The van der Waals surface area contributed by atoms with Crippen LogP contribution in [0.4, 0.5) is 5.69 Å². The Morgan fingerprint density at radius 3 is 2.43 bits per heavy atom. The number of hydrazone groups is 1. The SMILES string of the molecule is COc1cc(/C=N/NC(=O)C(=O)Nc2c(C)n(C)n(-c3ccccc3)c2=O)ccc1OCc1cccc2ccccc12. The van der Waals surface area contributed by atoms with E-state index >= 15 is 0 Å². The number of hydrogen-bond acceptors (Lipinski definition) is 6. The van der Waals surface area contributed by atoms with Gasteiger partial charge in [-0.15, -0.1) is 0 Å². The van der Waals surface area contributed by atoms with Crippen molar-refractivity contribution in [3.63, 3.8) is 0 Å². The number of nitrogens with zero attached hydrogens (tertiary/aromatic N) is 3. The zero-order valence-electron chi connectivity index (χ0n) is 23.3. The molecule has 4 aromatic carbocycles. The van der Waals surface area contributed by atoms with Crippen molar-refractivity contribution in [2.24, 2.45) is 12.1 Å². The van der Waals surface area contributed by atoms with Crippen LogP contribution in [0.25, 0.3) is 16.5 Å². The van der Waals surface area contributed by atoms with Gasteiger partial charge in [-0.3, -0.25) is 19.1 Å². The summed E-state index contributed by atoms with van der Waals surface area (Å²) in [7, 11) is 3.22. The maximum Gasteiger partial charge on any atom is 0.329 e. The third-order valence-corrected chi connectivity index (χ3v) is 6.83. The van der Waals surface area contributed by atoms with E-state index in [1.807, 2.05) is 30.3 Å². The fraction of sp³-hybridized carbons (Fsp3) is 0.125. The van der Waals surface area contributed by atoms with Crippen LogP contribution >= 0.6 is 0 Å². The summed E-state index contributed by atoms with van der Waals surface area (Å²) < 4.78 is 14.5. The number of benzene rings is 4. The van der Waals surface area contributed by atoms with Crippen molar-refractivity contribution < 1.29 is 19.1 Å². The lowest BCUT2D eigenvalue weighted by Crippen LogP contribution is -2.34. The van der Waals surface area contributed by atoms with E-state index < -0.39 is 17.4 Å². The van der Waals surface area contributed by atoms with Crippen LogP contribution in [0.2, 0.25) is 0 Å². The number of rotatable bonds is 8. The second-order valence-electron chi connectivity index (χ2n) is 9.43. The molecule has 42 heavy (non-hydrogen) atoms. The molecule has 0 aliphatic heterocycles. The summed E-state index contributed by atoms with van der Waals surface area (Å²) in [5, 5.41) is 8.54. The van der Waals surface area contributed by atoms with Gasteiger partial charge < -0.3 is 14.8 Å². The summed E-state index contributed by atoms with van der Waals surface area (Å²) in [6, 6.07) is 28.4. The first-order valence-corrected chi connectivity index (χ1v) is 13.1. The van der Waals surface area contributed by atoms with Crippen LogP contribution in [0, 0.1) is 6.92 Å². The van der Waals surface area contributed by atoms with Gasteiger partial charge >= 0.3 is 11.8 Å². The van der Waals surface area contributed by atoms with Gasteiger partial charge in [0.15, 0.2) is 11.5 Å². The number of amides is 2. The molecule has 0 saturated heterocycles. The topological polar surface area (TPSA) is 116 Å². The number of hydrogen-bond donors (Lipinski definition) is 2. The Bertz CT molecular complexity index is 1850. The standard InChI is InChI=1S/C32H29N5O5/c1-21-29(32(40)37(36(21)2)25-13-5-4-6-14-25)34-30(38)31(39)35-33-19-22-16-17-27(28(18-22)41-3)42-20-24-12-9-11-23-10-7-8-15-26(23)24/h4-19H,20H2,1-3H3,(H,34,38)(H,35,39)/b33-19+. The Balaban J connectivity index is 1.22. The first-order chi connectivity index (χ1) is 20.4. The molecule has 0 radical (unpaired) electrons. The number of nitrogens with one attached hydrogen (secondary N) is 2. The zero-order valence-corrected chi connectivity index (χ0v) is 23.3. The van der Waals surface area contributed by atoms with Gasteiger partial charge in [-0.2, -0.15) is 5.10 Å². The lowest BCUT2D eigenvalue weighted by Gasteiger charge is -2.12. The van der Waals surface area contributed by atoms with Gasteiger partial charge in [0.25, 0.3) is 5.56 Å². The number of carbonyl (C=O) groups excluding carboxylic acids is 2. The Hall–Kier alpha value is -5.64. The molecule has 1 heterocycles. The molecule has 10 heteroatoms. The largest absolute Gasteiger partial charge is 0.493 e. The number of anilines is 1. The zero-order chi connectivity index (χ0) is 29.6. The van der Waals surface area contributed by atoms with E-state index in [0.29, 0.717) is 35.1 Å². The third kappa shape index (κ3) is 5.78. The molecular formula is C32H29N5O5. The number of para-hydroxylation sites is 1. The van der Waals surface area contributed by atoms with E-state index in [2.05, 4.69) is 34.0 Å². The van der Waals surface area contributed by atoms with Crippen LogP contribution in [-0.2, 0) is 23.2 Å². The predicted octanol–water partition coefficient (Wildman–Crippen LogP) is 4.31. The van der Waals surface area contributed by atoms with Crippen LogP contribution in [0.1, 0.15) is 16.8 Å². The summed E-state index contributed by atoms with van der Waals surface area (Å²) in [4.78, 5) is 37.9. The van der Waals surface area contributed by atoms with E-state index in [1.54, 1.807) is 61.1 Å². The summed E-state index contributed by atoms with van der Waals surface area (Å²) in [5.74, 6) is -1.02. The molecule has 5 aromatic rings. The summed E-state index contributed by atoms with van der Waals surface area (Å²) in [6.07, 6.45) is 1.37. The lowest BCUT2D eigenvalue weighted by molar-refractivity contribution is -0.136. The van der Waals surface area contributed by atoms with Crippen molar-refractivity contribution in [3.8, 4) is 17.2 Å². The van der Waals surface area contributed by atoms with Gasteiger partial charge in [-0.1, -0.05) is 60.7 Å². The van der Waals surface area contributed by atoms with Crippen molar-refractivity contribution in [2.45, 2.75) is 13.5 Å². The number of methoxy groups -OCH3 is 1. The molecule has 0 unspecified atom stereocenters. The van der Waals surface area contributed by atoms with Crippen LogP contribution in [0.15, 0.2) is 101 Å². The van der Waals surface area contributed by atoms with Crippen molar-refractivity contribution in [1.82, 2.24) is 14.8 Å². The number of aromatic nitrogens is 2. The van der Waals surface area contributed by atoms with Crippen LogP contribution in [0.5, 0.6) is 11.5 Å². The average molecular weight is 564 g/mol. The van der Waals surface area contributed by atoms with Gasteiger partial charge in [0.05, 0.1) is 24.7 Å². The van der Waals surface area contributed by atoms with Crippen molar-refractivity contribution >= 4 is 34.5 Å². The average Bonchev–Trinajstić information content (AvgIpc) is 3.23. The molecule has 2 amide bonds. The number of carbonyl (C=O) groups is 2. The van der Waals surface area contributed by atoms with Crippen molar-refractivity contribution in [1.29, 1.82) is 0 Å². The van der Waals surface area contributed by atoms with Gasteiger partial charge in [0, 0.05) is 7.05 Å². The van der Waals surface area contributed by atoms with Gasteiger partial charge in [0.2, 0.25) is 0 Å². The minimum Gasteiger partial charge on any atom is -0.493 e. The highest BCUT2D eigenvalue weighted by atomic mass is 16.5. The molecule has 0 spiro atoms. The molecule has 0 saturated carbocycles. The Morgan fingerprint density at radius 2 is 1.64 bits per heavy atom. The highest BCUT2D eigenvalue weighted by Gasteiger charge is 2.21. The van der Waals surface area contributed by atoms with Gasteiger partial charge in [0.1, 0.15) is 12.3 Å². The molecule has 1 aromatic heterocycles. The summed E-state index contributed by atoms with van der Waals surface area (Å²) >= 11 is 0. The lowest BCUT2D eigenvalue weighted by atomic mass is 10.1. The molecular weight excluding hydrogens is 534 g/mol. The molecule has 0 bridgehead atoms. The molecule has 0 aliphatic carbocycles. The second kappa shape index (κ2) is 12.3. The van der Waals surface area contributed by atoms with Gasteiger partial charge in [-0.05, 0) is 59.2 Å². The monoisotopic (exact) mass is 563 g/mol. The summed E-state index contributed by atoms with van der Waals surface area (Å²) in [6.45, 7) is 2.03. The second-order valence-corrected chi connectivity index (χ2v) is 9.43. The maximum atomic E-state index is 13.0. The van der Waals surface area contributed by atoms with E-state index in [0.717, 1.165) is 16.3 Å². The number of fused-ring (bicyclic) bond motifs is 1. The molecule has 0 aliphatic rings. The fourth-order valence-corrected chi connectivity index (χ4v) is 4.56. The highest BCUT2D eigenvalue weighted by molar-refractivity contribution is 6.39. The molecule has 2 N–H and O–H groups in total. The van der Waals surface area contributed by atoms with Crippen LogP contribution < -0.4 is 25.8 Å². The maximum absolute atomic E-state index is 13.0. The van der Waals surface area contributed by atoms with E-state index in [-0.39, 0.29) is 5.69 Å². The van der Waals surface area contributed by atoms with Gasteiger partial charge in [-0.25, -0.2) is 10.1 Å². The van der Waals surface area contributed by atoms with Crippen LogP contribution in [-0.4, -0.2) is 34.5 Å². The normalized spacial score (nSPS) is 11.0. The molecule has 212 valence electrons. The van der Waals surface area contributed by atoms with E-state index in [9.17, 15) is 14.4 Å². The van der Waals surface area contributed by atoms with Crippen molar-refractivity contribution in [2.75, 3.05) is 12.4 Å². The Kier molecular flexibility index (Phi) is 8.14.